The highest BCUT2D eigenvalue weighted by Crippen LogP contribution is 2.21. The molecule has 2 heteroatoms. The van der Waals surface area contributed by atoms with Gasteiger partial charge in [-0.15, -0.1) is 0 Å². The van der Waals surface area contributed by atoms with E-state index in [1.165, 1.54) is 5.70 Å². The number of hydrogen-bond donors (Lipinski definition) is 2. The molecule has 1 heterocycles. The smallest absolute Gasteiger partial charge is 0.0616 e. The molecule has 0 aromatic carbocycles. The molecule has 0 fully saturated rings. The fraction of sp³-hybridized carbons (Fsp3) is 0.333. The lowest BCUT2D eigenvalue weighted by Crippen LogP contribution is -2.22. The van der Waals surface area contributed by atoms with Crippen LogP contribution in [0.3, 0.4) is 0 Å². The van der Waals surface area contributed by atoms with Gasteiger partial charge in [0.15, 0.2) is 0 Å². The lowest BCUT2D eigenvalue weighted by Gasteiger charge is -2.18. The number of fused-ring (bicyclic) bond motifs is 1. The molecule has 1 unspecified atom stereocenters. The highest BCUT2D eigenvalue weighted by Gasteiger charge is 2.13. The van der Waals surface area contributed by atoms with E-state index in [9.17, 15) is 0 Å². The van der Waals surface area contributed by atoms with E-state index in [4.69, 9.17) is 0 Å². The number of nitrogens with one attached hydrogen (secondary N) is 2. The Hall–Kier alpha value is -1.44. The van der Waals surface area contributed by atoms with Crippen molar-refractivity contribution in [3.8, 4) is 0 Å². The zero-order chi connectivity index (χ0) is 9.97. The molecular formula is C12H16N2. The molecule has 0 aromatic rings. The first-order valence-corrected chi connectivity index (χ1v) is 5.06. The Bertz CT molecular complexity index is 332. The van der Waals surface area contributed by atoms with Crippen LogP contribution < -0.4 is 10.6 Å². The average Bonchev–Trinajstić information content (AvgIpc) is 2.39. The average molecular weight is 188 g/mol. The van der Waals surface area contributed by atoms with Crippen molar-refractivity contribution in [2.75, 3.05) is 0 Å². The van der Waals surface area contributed by atoms with E-state index in [1.807, 2.05) is 12.4 Å². The van der Waals surface area contributed by atoms with Gasteiger partial charge >= 0.3 is 0 Å². The van der Waals surface area contributed by atoms with Gasteiger partial charge in [0, 0.05) is 12.4 Å². The minimum absolute atomic E-state index is 0.513. The lowest BCUT2D eigenvalue weighted by atomic mass is 9.95. The normalized spacial score (nSPS) is 24.4. The van der Waals surface area contributed by atoms with Crippen molar-refractivity contribution in [3.63, 3.8) is 0 Å². The zero-order valence-electron chi connectivity index (χ0n) is 8.62. The van der Waals surface area contributed by atoms with Crippen LogP contribution in [0.5, 0.6) is 0 Å². The van der Waals surface area contributed by atoms with Gasteiger partial charge in [-0.1, -0.05) is 32.1 Å². The SMILES string of the molecule is CC(C)C1C=CC=C2NC=CNC2=C1. The summed E-state index contributed by atoms with van der Waals surface area (Å²) in [6.07, 6.45) is 12.6. The molecule has 1 aliphatic heterocycles. The van der Waals surface area contributed by atoms with Crippen molar-refractivity contribution in [1.29, 1.82) is 0 Å². The Kier molecular flexibility index (Phi) is 2.44. The molecule has 0 amide bonds. The first-order valence-electron chi connectivity index (χ1n) is 5.06. The maximum atomic E-state index is 3.26. The van der Waals surface area contributed by atoms with Crippen LogP contribution >= 0.6 is 0 Å². The number of allylic oxidation sites excluding steroid dienone is 4. The van der Waals surface area contributed by atoms with Crippen LogP contribution in [0.4, 0.5) is 0 Å². The molecule has 0 saturated carbocycles. The second-order valence-corrected chi connectivity index (χ2v) is 3.99. The Labute approximate surface area is 85.1 Å². The molecule has 1 aliphatic carbocycles. The molecule has 0 bridgehead atoms. The predicted molar refractivity (Wildman–Crippen MR) is 59.0 cm³/mol. The van der Waals surface area contributed by atoms with E-state index in [-0.39, 0.29) is 0 Å². The van der Waals surface area contributed by atoms with E-state index in [0.29, 0.717) is 11.8 Å². The number of hydrogen-bond acceptors (Lipinski definition) is 2. The topological polar surface area (TPSA) is 24.1 Å². The summed E-state index contributed by atoms with van der Waals surface area (Å²) in [6.45, 7) is 4.48. The number of rotatable bonds is 1. The van der Waals surface area contributed by atoms with Crippen LogP contribution in [0.2, 0.25) is 0 Å². The fourth-order valence-corrected chi connectivity index (χ4v) is 1.64. The molecular weight excluding hydrogens is 172 g/mol. The second kappa shape index (κ2) is 3.74. The van der Waals surface area contributed by atoms with Crippen LogP contribution in [0.15, 0.2) is 48.1 Å². The van der Waals surface area contributed by atoms with Gasteiger partial charge < -0.3 is 10.6 Å². The van der Waals surface area contributed by atoms with Gasteiger partial charge in [0.1, 0.15) is 0 Å². The van der Waals surface area contributed by atoms with Gasteiger partial charge in [0.05, 0.1) is 11.4 Å². The van der Waals surface area contributed by atoms with Gasteiger partial charge in [-0.2, -0.15) is 0 Å². The van der Waals surface area contributed by atoms with Gasteiger partial charge in [0.25, 0.3) is 0 Å². The summed E-state index contributed by atoms with van der Waals surface area (Å²) in [5.74, 6) is 1.15. The van der Waals surface area contributed by atoms with Gasteiger partial charge in [0.2, 0.25) is 0 Å². The third-order valence-corrected chi connectivity index (χ3v) is 2.58. The summed E-state index contributed by atoms with van der Waals surface area (Å²) >= 11 is 0. The quantitative estimate of drug-likeness (QED) is 0.659. The van der Waals surface area contributed by atoms with E-state index in [2.05, 4.69) is 48.8 Å². The van der Waals surface area contributed by atoms with E-state index in [1.54, 1.807) is 0 Å². The molecule has 0 saturated heterocycles. The van der Waals surface area contributed by atoms with Crippen molar-refractivity contribution in [1.82, 2.24) is 10.6 Å². The predicted octanol–water partition coefficient (Wildman–Crippen LogP) is 2.26. The van der Waals surface area contributed by atoms with Crippen molar-refractivity contribution in [2.24, 2.45) is 11.8 Å². The summed E-state index contributed by atoms with van der Waals surface area (Å²) in [5.41, 5.74) is 2.32. The van der Waals surface area contributed by atoms with Crippen molar-refractivity contribution in [2.45, 2.75) is 13.8 Å². The van der Waals surface area contributed by atoms with E-state index < -0.39 is 0 Å². The van der Waals surface area contributed by atoms with Crippen molar-refractivity contribution >= 4 is 0 Å². The molecule has 14 heavy (non-hydrogen) atoms. The highest BCUT2D eigenvalue weighted by atomic mass is 15.0. The first-order chi connectivity index (χ1) is 6.77. The van der Waals surface area contributed by atoms with Crippen LogP contribution in [0.25, 0.3) is 0 Å². The molecule has 2 N–H and O–H groups in total. The Balaban J connectivity index is 2.29. The summed E-state index contributed by atoms with van der Waals surface area (Å²) in [4.78, 5) is 0. The summed E-state index contributed by atoms with van der Waals surface area (Å²) in [7, 11) is 0. The van der Waals surface area contributed by atoms with Gasteiger partial charge in [-0.05, 0) is 17.9 Å². The molecule has 2 aliphatic rings. The molecule has 1 atom stereocenters. The summed E-state index contributed by atoms with van der Waals surface area (Å²) < 4.78 is 0. The maximum absolute atomic E-state index is 3.26. The first kappa shape index (κ1) is 9.13. The largest absolute Gasteiger partial charge is 0.359 e. The molecule has 0 radical (unpaired) electrons. The molecule has 0 spiro atoms. The molecule has 2 rings (SSSR count). The summed E-state index contributed by atoms with van der Waals surface area (Å²) in [5, 5.41) is 6.47. The lowest BCUT2D eigenvalue weighted by molar-refractivity contribution is 0.547. The highest BCUT2D eigenvalue weighted by molar-refractivity contribution is 5.39. The van der Waals surface area contributed by atoms with Crippen molar-refractivity contribution in [3.05, 3.63) is 48.1 Å². The zero-order valence-corrected chi connectivity index (χ0v) is 8.62. The van der Waals surface area contributed by atoms with E-state index >= 15 is 0 Å². The molecule has 74 valence electrons. The van der Waals surface area contributed by atoms with Crippen LogP contribution in [0, 0.1) is 11.8 Å². The Morgan fingerprint density at radius 3 is 2.57 bits per heavy atom. The standard InChI is InChI=1S/C12H16N2/c1-9(2)10-4-3-5-11-12(8-10)14-7-6-13-11/h3-10,13-14H,1-2H3. The van der Waals surface area contributed by atoms with Crippen molar-refractivity contribution < 1.29 is 0 Å². The molecule has 2 nitrogen and oxygen atoms in total. The van der Waals surface area contributed by atoms with Crippen LogP contribution in [0.1, 0.15) is 13.8 Å². The minimum atomic E-state index is 0.513. The Morgan fingerprint density at radius 1 is 1.14 bits per heavy atom. The second-order valence-electron chi connectivity index (χ2n) is 3.99. The Morgan fingerprint density at radius 2 is 1.86 bits per heavy atom. The maximum Gasteiger partial charge on any atom is 0.0616 e. The molecule has 0 aromatic heterocycles. The third kappa shape index (κ3) is 1.74. The summed E-state index contributed by atoms with van der Waals surface area (Å²) in [6, 6.07) is 0. The fourth-order valence-electron chi connectivity index (χ4n) is 1.64. The van der Waals surface area contributed by atoms with E-state index in [0.717, 1.165) is 5.70 Å². The van der Waals surface area contributed by atoms with Crippen LogP contribution in [-0.4, -0.2) is 0 Å². The monoisotopic (exact) mass is 188 g/mol. The minimum Gasteiger partial charge on any atom is -0.359 e. The van der Waals surface area contributed by atoms with Gasteiger partial charge in [-0.3, -0.25) is 0 Å². The van der Waals surface area contributed by atoms with Gasteiger partial charge in [-0.25, -0.2) is 0 Å². The van der Waals surface area contributed by atoms with Crippen LogP contribution in [-0.2, 0) is 0 Å². The third-order valence-electron chi connectivity index (χ3n) is 2.58.